The van der Waals surface area contributed by atoms with Gasteiger partial charge in [-0.25, -0.2) is 0 Å². The molecule has 0 spiro atoms. The zero-order valence-corrected chi connectivity index (χ0v) is 14.5. The third-order valence-electron chi connectivity index (χ3n) is 3.52. The Balaban J connectivity index is 2.11. The van der Waals surface area contributed by atoms with Crippen molar-refractivity contribution in [2.75, 3.05) is 20.3 Å². The number of carbonyl (C=O) groups is 1. The molecular formula is C16H15F6N3O3. The van der Waals surface area contributed by atoms with E-state index in [2.05, 4.69) is 14.7 Å². The van der Waals surface area contributed by atoms with Gasteiger partial charge >= 0.3 is 18.2 Å². The van der Waals surface area contributed by atoms with Gasteiger partial charge in [0, 0.05) is 25.8 Å². The molecule has 1 aromatic carbocycles. The molecule has 0 saturated carbocycles. The second-order valence-electron chi connectivity index (χ2n) is 5.72. The highest BCUT2D eigenvalue weighted by Crippen LogP contribution is 2.29. The first-order chi connectivity index (χ1) is 13.0. The maximum atomic E-state index is 12.5. The molecule has 0 aliphatic rings. The van der Waals surface area contributed by atoms with Gasteiger partial charge in [0.1, 0.15) is 6.42 Å². The summed E-state index contributed by atoms with van der Waals surface area (Å²) in [6.07, 6.45) is -11.0. The molecule has 1 amide bonds. The fraction of sp³-hybridized carbons (Fsp3) is 0.438. The smallest absolute Gasteiger partial charge is 0.383 e. The Kier molecular flexibility index (Phi) is 6.65. The second kappa shape index (κ2) is 8.59. The molecule has 0 atom stereocenters. The SMILES string of the molecule is COCCN(Cc1ccc(-c2noc(C(F)(F)F)n2)cc1)C(=O)CC(F)(F)F. The molecule has 0 unspecified atom stereocenters. The van der Waals surface area contributed by atoms with Crippen molar-refractivity contribution in [3.8, 4) is 11.4 Å². The number of aromatic nitrogens is 2. The van der Waals surface area contributed by atoms with Gasteiger partial charge in [-0.15, -0.1) is 0 Å². The Morgan fingerprint density at radius 3 is 2.29 bits per heavy atom. The number of halogens is 6. The molecule has 0 aliphatic carbocycles. The predicted octanol–water partition coefficient (Wildman–Crippen LogP) is 3.68. The Hall–Kier alpha value is -2.63. The van der Waals surface area contributed by atoms with Crippen LogP contribution in [0.2, 0.25) is 0 Å². The summed E-state index contributed by atoms with van der Waals surface area (Å²) in [6.45, 7) is -0.129. The van der Waals surface area contributed by atoms with E-state index in [1.807, 2.05) is 0 Å². The number of nitrogens with zero attached hydrogens (tertiary/aromatic N) is 3. The van der Waals surface area contributed by atoms with Crippen LogP contribution in [0.15, 0.2) is 28.8 Å². The van der Waals surface area contributed by atoms with Crippen molar-refractivity contribution in [2.24, 2.45) is 0 Å². The van der Waals surface area contributed by atoms with Gasteiger partial charge in [-0.2, -0.15) is 31.3 Å². The monoisotopic (exact) mass is 411 g/mol. The van der Waals surface area contributed by atoms with E-state index in [1.54, 1.807) is 0 Å². The van der Waals surface area contributed by atoms with E-state index >= 15 is 0 Å². The number of alkyl halides is 6. The van der Waals surface area contributed by atoms with Crippen LogP contribution in [0.5, 0.6) is 0 Å². The Labute approximate surface area is 155 Å². The number of benzene rings is 1. The molecule has 0 fully saturated rings. The molecule has 1 aromatic heterocycles. The predicted molar refractivity (Wildman–Crippen MR) is 82.7 cm³/mol. The van der Waals surface area contributed by atoms with Crippen molar-refractivity contribution in [1.29, 1.82) is 0 Å². The summed E-state index contributed by atoms with van der Waals surface area (Å²) in [5.41, 5.74) is 0.683. The van der Waals surface area contributed by atoms with Gasteiger partial charge < -0.3 is 14.2 Å². The summed E-state index contributed by atoms with van der Waals surface area (Å²) in [5.74, 6) is -2.89. The first-order valence-electron chi connectivity index (χ1n) is 7.83. The molecule has 1 heterocycles. The Bertz CT molecular complexity index is 786. The number of ether oxygens (including phenoxy) is 1. The van der Waals surface area contributed by atoms with Gasteiger partial charge in [-0.3, -0.25) is 4.79 Å². The Morgan fingerprint density at radius 1 is 1.14 bits per heavy atom. The highest BCUT2D eigenvalue weighted by molar-refractivity contribution is 5.76. The quantitative estimate of drug-likeness (QED) is 0.651. The Morgan fingerprint density at radius 2 is 1.79 bits per heavy atom. The van der Waals surface area contributed by atoms with E-state index in [0.717, 1.165) is 4.90 Å². The average molecular weight is 411 g/mol. The van der Waals surface area contributed by atoms with Gasteiger partial charge in [-0.1, -0.05) is 29.4 Å². The van der Waals surface area contributed by atoms with E-state index in [4.69, 9.17) is 4.74 Å². The normalized spacial score (nSPS) is 12.2. The largest absolute Gasteiger partial charge is 0.471 e. The van der Waals surface area contributed by atoms with Crippen LogP contribution >= 0.6 is 0 Å². The summed E-state index contributed by atoms with van der Waals surface area (Å²) < 4.78 is 83.8. The first-order valence-corrected chi connectivity index (χ1v) is 7.83. The van der Waals surface area contributed by atoms with E-state index in [1.165, 1.54) is 31.4 Å². The van der Waals surface area contributed by atoms with Crippen LogP contribution in [0.3, 0.4) is 0 Å². The molecule has 28 heavy (non-hydrogen) atoms. The fourth-order valence-electron chi connectivity index (χ4n) is 2.21. The van der Waals surface area contributed by atoms with Gasteiger partial charge in [0.15, 0.2) is 0 Å². The molecule has 0 saturated heterocycles. The average Bonchev–Trinajstić information content (AvgIpc) is 3.08. The van der Waals surface area contributed by atoms with E-state index in [0.29, 0.717) is 5.56 Å². The fourth-order valence-corrected chi connectivity index (χ4v) is 2.21. The van der Waals surface area contributed by atoms with Gasteiger partial charge in [0.25, 0.3) is 0 Å². The maximum absolute atomic E-state index is 12.5. The van der Waals surface area contributed by atoms with Crippen LogP contribution in [0, 0.1) is 0 Å². The number of hydrogen-bond acceptors (Lipinski definition) is 5. The molecule has 154 valence electrons. The molecule has 0 radical (unpaired) electrons. The number of hydrogen-bond donors (Lipinski definition) is 0. The van der Waals surface area contributed by atoms with Crippen molar-refractivity contribution in [2.45, 2.75) is 25.3 Å². The van der Waals surface area contributed by atoms with E-state index in [-0.39, 0.29) is 31.1 Å². The van der Waals surface area contributed by atoms with Gasteiger partial charge in [0.2, 0.25) is 11.7 Å². The third-order valence-corrected chi connectivity index (χ3v) is 3.52. The summed E-state index contributed by atoms with van der Waals surface area (Å²) in [4.78, 5) is 16.1. The number of methoxy groups -OCH3 is 1. The molecular weight excluding hydrogens is 396 g/mol. The lowest BCUT2D eigenvalue weighted by atomic mass is 10.1. The summed E-state index contributed by atoms with van der Waals surface area (Å²) in [5, 5.41) is 3.24. The van der Waals surface area contributed by atoms with Crippen LogP contribution in [-0.4, -0.2) is 47.4 Å². The molecule has 6 nitrogen and oxygen atoms in total. The molecule has 2 aromatic rings. The van der Waals surface area contributed by atoms with E-state index in [9.17, 15) is 31.1 Å². The number of rotatable bonds is 7. The first kappa shape index (κ1) is 21.7. The molecule has 2 rings (SSSR count). The lowest BCUT2D eigenvalue weighted by Crippen LogP contribution is -2.36. The molecule has 0 N–H and O–H groups in total. The van der Waals surface area contributed by atoms with Crippen LogP contribution < -0.4 is 0 Å². The molecule has 0 aliphatic heterocycles. The highest BCUT2D eigenvalue weighted by atomic mass is 19.4. The second-order valence-corrected chi connectivity index (χ2v) is 5.72. The standard InChI is InChI=1S/C16H15F6N3O3/c1-27-7-6-25(12(26)8-15(17,18)19)9-10-2-4-11(5-3-10)13-23-14(28-24-13)16(20,21)22/h2-5H,6-9H2,1H3. The minimum atomic E-state index is -4.77. The third kappa shape index (κ3) is 6.22. The van der Waals surface area contributed by atoms with Crippen molar-refractivity contribution in [3.05, 3.63) is 35.7 Å². The summed E-state index contributed by atoms with van der Waals surface area (Å²) in [6, 6.07) is 5.64. The summed E-state index contributed by atoms with van der Waals surface area (Å²) in [7, 11) is 1.35. The van der Waals surface area contributed by atoms with E-state index < -0.39 is 30.6 Å². The lowest BCUT2D eigenvalue weighted by molar-refractivity contribution is -0.162. The van der Waals surface area contributed by atoms with Crippen molar-refractivity contribution in [3.63, 3.8) is 0 Å². The van der Waals surface area contributed by atoms with Gasteiger partial charge in [-0.05, 0) is 5.56 Å². The highest BCUT2D eigenvalue weighted by Gasteiger charge is 2.38. The number of amides is 1. The minimum Gasteiger partial charge on any atom is -0.383 e. The lowest BCUT2D eigenvalue weighted by Gasteiger charge is -2.23. The zero-order valence-electron chi connectivity index (χ0n) is 14.5. The molecule has 0 bridgehead atoms. The maximum Gasteiger partial charge on any atom is 0.471 e. The van der Waals surface area contributed by atoms with Crippen LogP contribution in [0.4, 0.5) is 26.3 Å². The van der Waals surface area contributed by atoms with Crippen molar-refractivity contribution < 1.29 is 40.4 Å². The van der Waals surface area contributed by atoms with Crippen molar-refractivity contribution >= 4 is 5.91 Å². The van der Waals surface area contributed by atoms with Crippen LogP contribution in [-0.2, 0) is 22.3 Å². The zero-order chi connectivity index (χ0) is 20.9. The van der Waals surface area contributed by atoms with Gasteiger partial charge in [0.05, 0.1) is 6.61 Å². The topological polar surface area (TPSA) is 68.5 Å². The van der Waals surface area contributed by atoms with Crippen molar-refractivity contribution in [1.82, 2.24) is 15.0 Å². The minimum absolute atomic E-state index is 0.0464. The number of carbonyl (C=O) groups excluding carboxylic acids is 1. The molecule has 12 heteroatoms. The van der Waals surface area contributed by atoms with Crippen LogP contribution in [0.25, 0.3) is 11.4 Å². The van der Waals surface area contributed by atoms with Crippen LogP contribution in [0.1, 0.15) is 17.9 Å². The summed E-state index contributed by atoms with van der Waals surface area (Å²) >= 11 is 0.